The number of fused-ring (bicyclic) bond motifs is 1. The molecule has 0 saturated heterocycles. The van der Waals surface area contributed by atoms with Crippen molar-refractivity contribution < 1.29 is 14.0 Å². The summed E-state index contributed by atoms with van der Waals surface area (Å²) in [6.45, 7) is 0.632. The minimum atomic E-state index is -0.313. The zero-order valence-electron chi connectivity index (χ0n) is 14.7. The van der Waals surface area contributed by atoms with Gasteiger partial charge in [0.25, 0.3) is 5.91 Å². The number of thioether (sulfide) groups is 1. The molecule has 1 N–H and O–H groups in total. The van der Waals surface area contributed by atoms with E-state index in [0.717, 1.165) is 16.1 Å². The maximum atomic E-state index is 12.9. The average molecular weight is 413 g/mol. The van der Waals surface area contributed by atoms with Crippen LogP contribution < -0.4 is 10.2 Å². The lowest BCUT2D eigenvalue weighted by Gasteiger charge is -2.28. The number of hydrogen-bond acceptors (Lipinski definition) is 5. The molecule has 5 nitrogen and oxygen atoms in total. The van der Waals surface area contributed by atoms with Crippen LogP contribution in [0.25, 0.3) is 0 Å². The summed E-state index contributed by atoms with van der Waals surface area (Å²) in [5, 5.41) is 5.16. The van der Waals surface area contributed by atoms with Crippen LogP contribution >= 0.6 is 23.1 Å². The van der Waals surface area contributed by atoms with Crippen molar-refractivity contribution in [3.05, 3.63) is 76.0 Å². The third-order valence-corrected chi connectivity index (χ3v) is 6.13. The maximum Gasteiger partial charge on any atom is 0.271 e. The molecule has 1 aliphatic rings. The van der Waals surface area contributed by atoms with Crippen molar-refractivity contribution >= 4 is 40.6 Å². The van der Waals surface area contributed by atoms with E-state index in [0.29, 0.717) is 29.5 Å². The van der Waals surface area contributed by atoms with E-state index in [2.05, 4.69) is 10.3 Å². The number of hydrogen-bond donors (Lipinski definition) is 1. The fourth-order valence-corrected chi connectivity index (χ4v) is 4.52. The number of nitrogens with zero attached hydrogens (tertiary/aromatic N) is 2. The van der Waals surface area contributed by atoms with Gasteiger partial charge in [-0.15, -0.1) is 23.1 Å². The van der Waals surface area contributed by atoms with Crippen molar-refractivity contribution in [2.24, 2.45) is 0 Å². The fraction of sp³-hybridized carbons (Fsp3) is 0.150. The highest BCUT2D eigenvalue weighted by molar-refractivity contribution is 8.00. The predicted molar refractivity (Wildman–Crippen MR) is 108 cm³/mol. The summed E-state index contributed by atoms with van der Waals surface area (Å²) >= 11 is 2.88. The van der Waals surface area contributed by atoms with Gasteiger partial charge >= 0.3 is 0 Å². The van der Waals surface area contributed by atoms with Crippen LogP contribution in [0.5, 0.6) is 0 Å². The summed E-state index contributed by atoms with van der Waals surface area (Å²) in [4.78, 5) is 31.9. The predicted octanol–water partition coefficient (Wildman–Crippen LogP) is 3.85. The van der Waals surface area contributed by atoms with E-state index in [1.165, 1.54) is 35.2 Å². The Labute approximate surface area is 169 Å². The number of rotatable bonds is 5. The van der Waals surface area contributed by atoms with E-state index in [4.69, 9.17) is 0 Å². The van der Waals surface area contributed by atoms with E-state index in [-0.39, 0.29) is 17.6 Å². The van der Waals surface area contributed by atoms with Crippen LogP contribution in [0.2, 0.25) is 0 Å². The first-order valence-electron chi connectivity index (χ1n) is 8.59. The molecule has 4 rings (SSSR count). The Morgan fingerprint density at radius 2 is 1.96 bits per heavy atom. The lowest BCUT2D eigenvalue weighted by Crippen LogP contribution is -2.34. The summed E-state index contributed by atoms with van der Waals surface area (Å²) < 4.78 is 12.9. The molecule has 28 heavy (non-hydrogen) atoms. The van der Waals surface area contributed by atoms with Gasteiger partial charge in [-0.25, -0.2) is 9.37 Å². The van der Waals surface area contributed by atoms with Gasteiger partial charge in [0, 0.05) is 16.8 Å². The number of carbonyl (C=O) groups is 2. The topological polar surface area (TPSA) is 62.3 Å². The van der Waals surface area contributed by atoms with Gasteiger partial charge in [0.05, 0.1) is 18.0 Å². The van der Waals surface area contributed by atoms with Gasteiger partial charge in [0.2, 0.25) is 5.91 Å². The number of para-hydroxylation sites is 1. The molecular weight excluding hydrogens is 397 g/mol. The number of benzene rings is 2. The summed E-state index contributed by atoms with van der Waals surface area (Å²) in [6.07, 6.45) is 0. The highest BCUT2D eigenvalue weighted by atomic mass is 32.2. The van der Waals surface area contributed by atoms with E-state index in [9.17, 15) is 14.0 Å². The first-order valence-corrected chi connectivity index (χ1v) is 10.5. The molecule has 2 heterocycles. The van der Waals surface area contributed by atoms with Crippen LogP contribution in [-0.2, 0) is 17.9 Å². The molecule has 1 aliphatic heterocycles. The van der Waals surface area contributed by atoms with E-state index in [1.54, 1.807) is 22.4 Å². The zero-order valence-corrected chi connectivity index (χ0v) is 16.4. The van der Waals surface area contributed by atoms with Crippen LogP contribution in [0.4, 0.5) is 10.1 Å². The summed E-state index contributed by atoms with van der Waals surface area (Å²) in [5.41, 5.74) is 1.99. The molecule has 0 aliphatic carbocycles. The minimum Gasteiger partial charge on any atom is -0.347 e. The third kappa shape index (κ3) is 4.07. The maximum absolute atomic E-state index is 12.9. The fourth-order valence-electron chi connectivity index (χ4n) is 2.83. The molecule has 0 unspecified atom stereocenters. The van der Waals surface area contributed by atoms with Crippen LogP contribution in [0, 0.1) is 5.82 Å². The van der Waals surface area contributed by atoms with E-state index < -0.39 is 0 Å². The van der Waals surface area contributed by atoms with Gasteiger partial charge in [-0.1, -0.05) is 24.3 Å². The molecule has 0 fully saturated rings. The van der Waals surface area contributed by atoms with Crippen molar-refractivity contribution in [1.29, 1.82) is 0 Å². The molecule has 142 valence electrons. The number of thiazole rings is 1. The number of halogens is 1. The lowest BCUT2D eigenvalue weighted by molar-refractivity contribution is -0.116. The number of anilines is 1. The van der Waals surface area contributed by atoms with Crippen LogP contribution in [0.3, 0.4) is 0 Å². The molecule has 3 aromatic rings. The molecule has 2 aromatic carbocycles. The molecule has 2 amide bonds. The van der Waals surface area contributed by atoms with Gasteiger partial charge in [-0.3, -0.25) is 9.59 Å². The molecule has 0 bridgehead atoms. The Morgan fingerprint density at radius 3 is 2.79 bits per heavy atom. The summed E-state index contributed by atoms with van der Waals surface area (Å²) in [5.74, 6) is -0.187. The Hall–Kier alpha value is -2.71. The van der Waals surface area contributed by atoms with Crippen LogP contribution in [-0.4, -0.2) is 22.6 Å². The van der Waals surface area contributed by atoms with Crippen LogP contribution in [0.1, 0.15) is 21.1 Å². The zero-order chi connectivity index (χ0) is 19.5. The number of amides is 2. The van der Waals surface area contributed by atoms with Gasteiger partial charge in [0.15, 0.2) is 0 Å². The number of carbonyl (C=O) groups excluding carboxylic acids is 2. The second-order valence-electron chi connectivity index (χ2n) is 6.17. The molecule has 0 saturated carbocycles. The number of nitrogens with one attached hydrogen (secondary N) is 1. The van der Waals surface area contributed by atoms with Crippen molar-refractivity contribution in [2.45, 2.75) is 18.0 Å². The highest BCUT2D eigenvalue weighted by Crippen LogP contribution is 2.35. The molecule has 0 radical (unpaired) electrons. The molecule has 1 aromatic heterocycles. The largest absolute Gasteiger partial charge is 0.347 e. The highest BCUT2D eigenvalue weighted by Gasteiger charge is 2.25. The Morgan fingerprint density at radius 1 is 1.18 bits per heavy atom. The van der Waals surface area contributed by atoms with Gasteiger partial charge in [-0.05, 0) is 29.8 Å². The second kappa shape index (κ2) is 8.12. The van der Waals surface area contributed by atoms with Crippen LogP contribution in [0.15, 0.2) is 58.8 Å². The monoisotopic (exact) mass is 413 g/mol. The van der Waals surface area contributed by atoms with Crippen molar-refractivity contribution in [2.75, 3.05) is 10.7 Å². The standard InChI is InChI=1S/C20H16FN3O2S2/c21-14-7-5-13(6-8-14)9-22-20(26)15-11-28-18(23-15)10-24-16-3-1-2-4-17(16)27-12-19(24)25/h1-8,11H,9-10,12H2,(H,22,26). The Kier molecular flexibility index (Phi) is 5.40. The minimum absolute atomic E-state index is 0.0289. The summed E-state index contributed by atoms with van der Waals surface area (Å²) in [7, 11) is 0. The summed E-state index contributed by atoms with van der Waals surface area (Å²) in [6, 6.07) is 13.7. The SMILES string of the molecule is O=C(NCc1ccc(F)cc1)c1csc(CN2C(=O)CSc3ccccc32)n1. The average Bonchev–Trinajstić information content (AvgIpc) is 3.18. The van der Waals surface area contributed by atoms with Crippen molar-refractivity contribution in [3.63, 3.8) is 0 Å². The van der Waals surface area contributed by atoms with E-state index >= 15 is 0 Å². The third-order valence-electron chi connectivity index (χ3n) is 4.25. The first kappa shape index (κ1) is 18.6. The number of aromatic nitrogens is 1. The lowest BCUT2D eigenvalue weighted by atomic mass is 10.2. The molecule has 8 heteroatoms. The second-order valence-corrected chi connectivity index (χ2v) is 8.13. The van der Waals surface area contributed by atoms with Gasteiger partial charge in [-0.2, -0.15) is 0 Å². The Bertz CT molecular complexity index is 1020. The normalized spacial score (nSPS) is 13.3. The Balaban J connectivity index is 1.42. The molecule has 0 atom stereocenters. The van der Waals surface area contributed by atoms with Crippen molar-refractivity contribution in [1.82, 2.24) is 10.3 Å². The molecule has 0 spiro atoms. The van der Waals surface area contributed by atoms with Gasteiger partial charge in [0.1, 0.15) is 16.5 Å². The smallest absolute Gasteiger partial charge is 0.271 e. The van der Waals surface area contributed by atoms with Crippen molar-refractivity contribution in [3.8, 4) is 0 Å². The van der Waals surface area contributed by atoms with E-state index in [1.807, 2.05) is 24.3 Å². The quantitative estimate of drug-likeness (QED) is 0.690. The first-order chi connectivity index (χ1) is 13.6. The molecular formula is C20H16FN3O2S2. The van der Waals surface area contributed by atoms with Gasteiger partial charge < -0.3 is 10.2 Å².